The second-order valence-electron chi connectivity index (χ2n) is 5.00. The second kappa shape index (κ2) is 5.83. The normalized spacial score (nSPS) is 12.4. The Morgan fingerprint density at radius 2 is 1.33 bits per heavy atom. The number of hydrogen-bond acceptors (Lipinski definition) is 1. The lowest BCUT2D eigenvalue weighted by Crippen LogP contribution is -2.17. The van der Waals surface area contributed by atoms with Crippen molar-refractivity contribution in [3.8, 4) is 0 Å². The van der Waals surface area contributed by atoms with Gasteiger partial charge in [0, 0.05) is 12.6 Å². The van der Waals surface area contributed by atoms with Crippen molar-refractivity contribution in [2.24, 2.45) is 0 Å². The Labute approximate surface area is 110 Å². The Morgan fingerprint density at radius 1 is 0.833 bits per heavy atom. The van der Waals surface area contributed by atoms with E-state index in [0.717, 1.165) is 6.54 Å². The molecule has 0 fully saturated rings. The predicted octanol–water partition coefficient (Wildman–Crippen LogP) is 4.15. The molecular formula is C17H21N. The largest absolute Gasteiger partial charge is 0.306 e. The molecule has 0 spiro atoms. The van der Waals surface area contributed by atoms with Crippen LogP contribution >= 0.6 is 0 Å². The van der Waals surface area contributed by atoms with Crippen LogP contribution in [0.1, 0.15) is 35.2 Å². The van der Waals surface area contributed by atoms with E-state index in [-0.39, 0.29) is 0 Å². The molecule has 0 bridgehead atoms. The Balaban J connectivity index is 1.93. The highest BCUT2D eigenvalue weighted by Crippen LogP contribution is 2.14. The number of aryl methyl sites for hydroxylation is 2. The molecule has 94 valence electrons. The lowest BCUT2D eigenvalue weighted by atomic mass is 10.1. The average molecular weight is 239 g/mol. The Morgan fingerprint density at radius 3 is 1.89 bits per heavy atom. The van der Waals surface area contributed by atoms with Crippen molar-refractivity contribution in [3.05, 3.63) is 70.8 Å². The van der Waals surface area contributed by atoms with Crippen LogP contribution in [0.3, 0.4) is 0 Å². The second-order valence-corrected chi connectivity index (χ2v) is 5.00. The molecule has 0 aliphatic carbocycles. The number of hydrogen-bond donors (Lipinski definition) is 1. The van der Waals surface area contributed by atoms with E-state index in [2.05, 4.69) is 74.6 Å². The molecule has 2 rings (SSSR count). The molecule has 0 aliphatic rings. The van der Waals surface area contributed by atoms with Gasteiger partial charge in [0.2, 0.25) is 0 Å². The van der Waals surface area contributed by atoms with E-state index in [0.29, 0.717) is 6.04 Å². The minimum absolute atomic E-state index is 0.381. The van der Waals surface area contributed by atoms with Crippen molar-refractivity contribution >= 4 is 0 Å². The first kappa shape index (κ1) is 12.8. The average Bonchev–Trinajstić information content (AvgIpc) is 2.38. The zero-order valence-corrected chi connectivity index (χ0v) is 11.4. The summed E-state index contributed by atoms with van der Waals surface area (Å²) in [5, 5.41) is 3.55. The van der Waals surface area contributed by atoms with Crippen molar-refractivity contribution in [1.82, 2.24) is 5.32 Å². The summed E-state index contributed by atoms with van der Waals surface area (Å²) in [5.74, 6) is 0. The third kappa shape index (κ3) is 3.44. The summed E-state index contributed by atoms with van der Waals surface area (Å²) in [6.45, 7) is 7.36. The van der Waals surface area contributed by atoms with Gasteiger partial charge in [-0.05, 0) is 31.9 Å². The SMILES string of the molecule is Cc1ccc(CNC(C)c2ccc(C)cc2)cc1. The number of benzene rings is 2. The van der Waals surface area contributed by atoms with Gasteiger partial charge >= 0.3 is 0 Å². The van der Waals surface area contributed by atoms with Crippen LogP contribution in [-0.2, 0) is 6.54 Å². The number of rotatable bonds is 4. The fourth-order valence-corrected chi connectivity index (χ4v) is 1.95. The molecule has 1 unspecified atom stereocenters. The number of nitrogens with one attached hydrogen (secondary N) is 1. The van der Waals surface area contributed by atoms with E-state index in [1.807, 2.05) is 0 Å². The van der Waals surface area contributed by atoms with Crippen molar-refractivity contribution in [1.29, 1.82) is 0 Å². The van der Waals surface area contributed by atoms with E-state index in [1.165, 1.54) is 22.3 Å². The van der Waals surface area contributed by atoms with E-state index < -0.39 is 0 Å². The van der Waals surface area contributed by atoms with Gasteiger partial charge in [0.15, 0.2) is 0 Å². The first-order valence-electron chi connectivity index (χ1n) is 6.50. The maximum Gasteiger partial charge on any atom is 0.0294 e. The van der Waals surface area contributed by atoms with Gasteiger partial charge in [-0.15, -0.1) is 0 Å². The van der Waals surface area contributed by atoms with Crippen LogP contribution in [0.5, 0.6) is 0 Å². The van der Waals surface area contributed by atoms with Crippen LogP contribution < -0.4 is 5.32 Å². The van der Waals surface area contributed by atoms with Gasteiger partial charge in [0.25, 0.3) is 0 Å². The fraction of sp³-hybridized carbons (Fsp3) is 0.294. The summed E-state index contributed by atoms with van der Waals surface area (Å²) in [7, 11) is 0. The molecule has 0 amide bonds. The maximum atomic E-state index is 3.55. The minimum atomic E-state index is 0.381. The van der Waals surface area contributed by atoms with Gasteiger partial charge in [-0.3, -0.25) is 0 Å². The minimum Gasteiger partial charge on any atom is -0.306 e. The zero-order valence-electron chi connectivity index (χ0n) is 11.4. The summed E-state index contributed by atoms with van der Waals surface area (Å²) in [6, 6.07) is 17.8. The van der Waals surface area contributed by atoms with Crippen LogP contribution in [0, 0.1) is 13.8 Å². The molecular weight excluding hydrogens is 218 g/mol. The molecule has 1 atom stereocenters. The van der Waals surface area contributed by atoms with Crippen molar-refractivity contribution in [2.45, 2.75) is 33.4 Å². The molecule has 0 heterocycles. The third-order valence-corrected chi connectivity index (χ3v) is 3.31. The first-order valence-corrected chi connectivity index (χ1v) is 6.50. The Hall–Kier alpha value is -1.60. The van der Waals surface area contributed by atoms with E-state index >= 15 is 0 Å². The van der Waals surface area contributed by atoms with Crippen LogP contribution in [0.25, 0.3) is 0 Å². The van der Waals surface area contributed by atoms with E-state index in [4.69, 9.17) is 0 Å². The Bertz CT molecular complexity index is 482. The van der Waals surface area contributed by atoms with Gasteiger partial charge < -0.3 is 5.32 Å². The quantitative estimate of drug-likeness (QED) is 0.845. The predicted molar refractivity (Wildman–Crippen MR) is 77.6 cm³/mol. The van der Waals surface area contributed by atoms with Gasteiger partial charge in [-0.2, -0.15) is 0 Å². The van der Waals surface area contributed by atoms with Crippen LogP contribution in [0.2, 0.25) is 0 Å². The van der Waals surface area contributed by atoms with Crippen molar-refractivity contribution in [2.75, 3.05) is 0 Å². The van der Waals surface area contributed by atoms with Crippen LogP contribution in [0.4, 0.5) is 0 Å². The summed E-state index contributed by atoms with van der Waals surface area (Å²) >= 11 is 0. The Kier molecular flexibility index (Phi) is 4.16. The van der Waals surface area contributed by atoms with Crippen molar-refractivity contribution < 1.29 is 0 Å². The summed E-state index contributed by atoms with van der Waals surface area (Å²) in [5.41, 5.74) is 5.29. The molecule has 1 N–H and O–H groups in total. The highest BCUT2D eigenvalue weighted by Gasteiger charge is 2.04. The summed E-state index contributed by atoms with van der Waals surface area (Å²) in [4.78, 5) is 0. The highest BCUT2D eigenvalue weighted by molar-refractivity contribution is 5.24. The van der Waals surface area contributed by atoms with Gasteiger partial charge in [0.05, 0.1) is 0 Å². The molecule has 2 aromatic rings. The fourth-order valence-electron chi connectivity index (χ4n) is 1.95. The summed E-state index contributed by atoms with van der Waals surface area (Å²) in [6.07, 6.45) is 0. The lowest BCUT2D eigenvalue weighted by Gasteiger charge is -2.14. The molecule has 18 heavy (non-hydrogen) atoms. The van der Waals surface area contributed by atoms with Crippen LogP contribution in [-0.4, -0.2) is 0 Å². The standard InChI is InChI=1S/C17H21N/c1-13-4-8-16(9-5-13)12-18-15(3)17-10-6-14(2)7-11-17/h4-11,15,18H,12H2,1-3H3. The first-order chi connectivity index (χ1) is 8.65. The van der Waals surface area contributed by atoms with E-state index in [9.17, 15) is 0 Å². The molecule has 0 saturated carbocycles. The molecule has 0 saturated heterocycles. The molecule has 0 aliphatic heterocycles. The summed E-state index contributed by atoms with van der Waals surface area (Å²) < 4.78 is 0. The van der Waals surface area contributed by atoms with Gasteiger partial charge in [0.1, 0.15) is 0 Å². The third-order valence-electron chi connectivity index (χ3n) is 3.31. The monoisotopic (exact) mass is 239 g/mol. The maximum absolute atomic E-state index is 3.55. The zero-order chi connectivity index (χ0) is 13.0. The van der Waals surface area contributed by atoms with E-state index in [1.54, 1.807) is 0 Å². The molecule has 0 radical (unpaired) electrons. The topological polar surface area (TPSA) is 12.0 Å². The molecule has 1 heteroatoms. The smallest absolute Gasteiger partial charge is 0.0294 e. The van der Waals surface area contributed by atoms with Gasteiger partial charge in [-0.1, -0.05) is 59.7 Å². The highest BCUT2D eigenvalue weighted by atomic mass is 14.9. The molecule has 2 aromatic carbocycles. The lowest BCUT2D eigenvalue weighted by molar-refractivity contribution is 0.574. The molecule has 1 nitrogen and oxygen atoms in total. The van der Waals surface area contributed by atoms with Gasteiger partial charge in [-0.25, -0.2) is 0 Å². The molecule has 0 aromatic heterocycles. The van der Waals surface area contributed by atoms with Crippen molar-refractivity contribution in [3.63, 3.8) is 0 Å². The van der Waals surface area contributed by atoms with Crippen LogP contribution in [0.15, 0.2) is 48.5 Å².